The van der Waals surface area contributed by atoms with Gasteiger partial charge in [-0.2, -0.15) is 5.10 Å². The van der Waals surface area contributed by atoms with E-state index in [1.165, 1.54) is 5.56 Å². The van der Waals surface area contributed by atoms with Crippen LogP contribution in [0.15, 0.2) is 58.8 Å². The van der Waals surface area contributed by atoms with E-state index in [1.807, 2.05) is 34.0 Å². The number of hydrazone groups is 1. The van der Waals surface area contributed by atoms with Gasteiger partial charge in [-0.05, 0) is 43.2 Å². The van der Waals surface area contributed by atoms with Crippen LogP contribution in [0.3, 0.4) is 0 Å². The summed E-state index contributed by atoms with van der Waals surface area (Å²) in [6, 6.07) is 14.2. The minimum absolute atomic E-state index is 0.623. The molecule has 2 heterocycles. The van der Waals surface area contributed by atoms with Crippen molar-refractivity contribution >= 4 is 18.5 Å². The molecule has 7 nitrogen and oxygen atoms in total. The molecular formula is C20H22N6OS. The van der Waals surface area contributed by atoms with Gasteiger partial charge in [0, 0.05) is 0 Å². The molecule has 0 saturated carbocycles. The van der Waals surface area contributed by atoms with Crippen LogP contribution in [-0.2, 0) is 6.54 Å². The molecule has 28 heavy (non-hydrogen) atoms. The van der Waals surface area contributed by atoms with Gasteiger partial charge in [0.2, 0.25) is 0 Å². The van der Waals surface area contributed by atoms with Crippen LogP contribution < -0.4 is 15.8 Å². The van der Waals surface area contributed by atoms with Crippen molar-refractivity contribution in [1.82, 2.24) is 25.9 Å². The van der Waals surface area contributed by atoms with E-state index in [9.17, 15) is 0 Å². The Balaban J connectivity index is 1.60. The number of hydrazine groups is 2. The van der Waals surface area contributed by atoms with Gasteiger partial charge in [-0.1, -0.05) is 29.8 Å². The van der Waals surface area contributed by atoms with E-state index in [2.05, 4.69) is 53.3 Å². The zero-order valence-corrected chi connectivity index (χ0v) is 16.9. The topological polar surface area (TPSA) is 66.7 Å². The Morgan fingerprint density at radius 1 is 1.11 bits per heavy atom. The third-order valence-corrected chi connectivity index (χ3v) is 5.10. The molecule has 0 saturated heterocycles. The van der Waals surface area contributed by atoms with Crippen LogP contribution in [0, 0.1) is 13.8 Å². The average Bonchev–Trinajstić information content (AvgIpc) is 3.29. The van der Waals surface area contributed by atoms with Gasteiger partial charge in [0.05, 0.1) is 31.1 Å². The number of rotatable bonds is 5. The highest BCUT2D eigenvalue weighted by Gasteiger charge is 2.24. The second kappa shape index (κ2) is 7.57. The number of nitrogens with one attached hydrogen (secondary N) is 2. The largest absolute Gasteiger partial charge is 0.497 e. The fourth-order valence-electron chi connectivity index (χ4n) is 3.20. The molecule has 1 aliphatic rings. The molecule has 0 amide bonds. The molecule has 2 aromatic carbocycles. The van der Waals surface area contributed by atoms with Gasteiger partial charge in [-0.25, -0.2) is 10.2 Å². The van der Waals surface area contributed by atoms with Gasteiger partial charge in [-0.3, -0.25) is 5.01 Å². The Kier molecular flexibility index (Phi) is 4.97. The molecule has 0 radical (unpaired) electrons. The molecule has 0 unspecified atom stereocenters. The standard InChI is InChI=1S/C20H22N6OS/c1-13-4-9-18(14(2)10-13)26-20(28)17(11-21-26)19-22-23-24-25(19)12-15-5-7-16(27-3)8-6-15/h4-11,23-24,28H,12H2,1-3H3. The van der Waals surface area contributed by atoms with Crippen LogP contribution in [0.4, 0.5) is 0 Å². The van der Waals surface area contributed by atoms with E-state index >= 15 is 0 Å². The maximum Gasteiger partial charge on any atom is 0.177 e. The molecule has 8 heteroatoms. The molecule has 2 N–H and O–H groups in total. The summed E-state index contributed by atoms with van der Waals surface area (Å²) >= 11 is 4.74. The van der Waals surface area contributed by atoms with Crippen LogP contribution in [0.25, 0.3) is 5.69 Å². The van der Waals surface area contributed by atoms with E-state index in [-0.39, 0.29) is 0 Å². The fourth-order valence-corrected chi connectivity index (χ4v) is 3.52. The van der Waals surface area contributed by atoms with Crippen molar-refractivity contribution in [1.29, 1.82) is 0 Å². The van der Waals surface area contributed by atoms with Crippen LogP contribution >= 0.6 is 12.6 Å². The normalized spacial score (nSPS) is 13.4. The van der Waals surface area contributed by atoms with Crippen LogP contribution in [0.5, 0.6) is 5.75 Å². The van der Waals surface area contributed by atoms with Crippen LogP contribution in [-0.4, -0.2) is 27.7 Å². The molecule has 144 valence electrons. The molecule has 0 bridgehead atoms. The monoisotopic (exact) mass is 394 g/mol. The van der Waals surface area contributed by atoms with Crippen molar-refractivity contribution in [2.75, 3.05) is 7.11 Å². The second-order valence-corrected chi connectivity index (χ2v) is 7.10. The molecule has 3 aromatic rings. The van der Waals surface area contributed by atoms with E-state index in [0.717, 1.165) is 39.0 Å². The van der Waals surface area contributed by atoms with Crippen LogP contribution in [0.1, 0.15) is 22.3 Å². The highest BCUT2D eigenvalue weighted by Crippen LogP contribution is 2.24. The third kappa shape index (κ3) is 3.44. The number of ether oxygens (including phenoxy) is 1. The Labute approximate surface area is 169 Å². The lowest BCUT2D eigenvalue weighted by Gasteiger charge is -2.19. The Bertz CT molecular complexity index is 1030. The number of nitrogens with zero attached hydrogens (tertiary/aromatic N) is 4. The van der Waals surface area contributed by atoms with E-state index < -0.39 is 0 Å². The maximum absolute atomic E-state index is 5.22. The summed E-state index contributed by atoms with van der Waals surface area (Å²) in [4.78, 5) is 0. The summed E-state index contributed by atoms with van der Waals surface area (Å²) in [5, 5.41) is 11.6. The second-order valence-electron chi connectivity index (χ2n) is 6.68. The summed E-state index contributed by atoms with van der Waals surface area (Å²) in [5.41, 5.74) is 11.2. The lowest BCUT2D eigenvalue weighted by molar-refractivity contribution is 0.287. The molecule has 0 aliphatic carbocycles. The zero-order valence-electron chi connectivity index (χ0n) is 16.0. The first kappa shape index (κ1) is 18.4. The lowest BCUT2D eigenvalue weighted by atomic mass is 10.1. The summed E-state index contributed by atoms with van der Waals surface area (Å²) in [5.74, 6) is 1.56. The fraction of sp³-hybridized carbons (Fsp3) is 0.200. The summed E-state index contributed by atoms with van der Waals surface area (Å²) in [6.45, 7) is 4.77. The number of benzene rings is 2. The Morgan fingerprint density at radius 3 is 2.61 bits per heavy atom. The van der Waals surface area contributed by atoms with Crippen molar-refractivity contribution < 1.29 is 4.74 Å². The maximum atomic E-state index is 5.22. The summed E-state index contributed by atoms with van der Waals surface area (Å²) in [7, 11) is 1.66. The first-order chi connectivity index (χ1) is 13.6. The van der Waals surface area contributed by atoms with Crippen molar-refractivity contribution in [2.24, 2.45) is 5.10 Å². The minimum Gasteiger partial charge on any atom is -0.497 e. The number of hydrogen-bond acceptors (Lipinski definition) is 7. The molecule has 1 aliphatic heterocycles. The molecule has 4 rings (SSSR count). The van der Waals surface area contributed by atoms with Gasteiger partial charge >= 0.3 is 0 Å². The van der Waals surface area contributed by atoms with Crippen molar-refractivity contribution in [3.05, 3.63) is 70.9 Å². The lowest BCUT2D eigenvalue weighted by Crippen LogP contribution is -2.40. The van der Waals surface area contributed by atoms with Gasteiger partial charge < -0.3 is 4.74 Å². The Hall–Kier alpha value is -2.97. The van der Waals surface area contributed by atoms with Crippen LogP contribution in [0.2, 0.25) is 0 Å². The highest BCUT2D eigenvalue weighted by molar-refractivity contribution is 7.80. The van der Waals surface area contributed by atoms with Gasteiger partial charge in [0.15, 0.2) is 5.84 Å². The number of hydrogen-bond donors (Lipinski definition) is 3. The number of aryl methyl sites for hydroxylation is 2. The SMILES string of the molecule is COc1ccc(CN2NNN=C2c2cnn(-c3ccc(C)cc3C)c2S)cc1. The molecule has 0 spiro atoms. The first-order valence-electron chi connectivity index (χ1n) is 8.90. The van der Waals surface area contributed by atoms with Gasteiger partial charge in [0.1, 0.15) is 10.8 Å². The number of methoxy groups -OCH3 is 1. The van der Waals surface area contributed by atoms with E-state index in [0.29, 0.717) is 6.54 Å². The molecular weight excluding hydrogens is 372 g/mol. The van der Waals surface area contributed by atoms with Gasteiger partial charge in [-0.15, -0.1) is 23.3 Å². The van der Waals surface area contributed by atoms with Crippen molar-refractivity contribution in [3.8, 4) is 11.4 Å². The highest BCUT2D eigenvalue weighted by atomic mass is 32.1. The first-order valence-corrected chi connectivity index (χ1v) is 9.35. The average molecular weight is 395 g/mol. The van der Waals surface area contributed by atoms with E-state index in [1.54, 1.807) is 13.3 Å². The van der Waals surface area contributed by atoms with Crippen molar-refractivity contribution in [2.45, 2.75) is 25.4 Å². The third-order valence-electron chi connectivity index (χ3n) is 4.67. The quantitative estimate of drug-likeness (QED) is 0.581. The number of aromatic nitrogens is 2. The summed E-state index contributed by atoms with van der Waals surface area (Å²) < 4.78 is 7.05. The molecule has 0 fully saturated rings. The number of amidine groups is 1. The summed E-state index contributed by atoms with van der Waals surface area (Å²) in [6.07, 6.45) is 1.79. The van der Waals surface area contributed by atoms with Crippen molar-refractivity contribution in [3.63, 3.8) is 0 Å². The van der Waals surface area contributed by atoms with Gasteiger partial charge in [0.25, 0.3) is 0 Å². The zero-order chi connectivity index (χ0) is 19.7. The van der Waals surface area contributed by atoms with E-state index in [4.69, 9.17) is 17.4 Å². The number of thiol groups is 1. The predicted octanol–water partition coefficient (Wildman–Crippen LogP) is 2.97. The molecule has 1 aromatic heterocycles. The predicted molar refractivity (Wildman–Crippen MR) is 112 cm³/mol. The molecule has 0 atom stereocenters. The minimum atomic E-state index is 0.623. The smallest absolute Gasteiger partial charge is 0.177 e. The Morgan fingerprint density at radius 2 is 1.89 bits per heavy atom.